The molecule has 2 aromatic rings. The van der Waals surface area contributed by atoms with Gasteiger partial charge in [-0.05, 0) is 36.1 Å². The fourth-order valence-electron chi connectivity index (χ4n) is 2.75. The van der Waals surface area contributed by atoms with Crippen LogP contribution in [-0.2, 0) is 19.6 Å². The Morgan fingerprint density at radius 2 is 1.68 bits per heavy atom. The number of methoxy groups -OCH3 is 1. The minimum absolute atomic E-state index is 0.148. The molecule has 134 valence electrons. The van der Waals surface area contributed by atoms with E-state index in [0.717, 1.165) is 11.1 Å². The first kappa shape index (κ1) is 19.1. The molecule has 0 aromatic heterocycles. The van der Waals surface area contributed by atoms with Gasteiger partial charge in [0, 0.05) is 6.54 Å². The number of carbonyl (C=O) groups excluding carboxylic acids is 1. The highest BCUT2D eigenvalue weighted by Gasteiger charge is 2.27. The summed E-state index contributed by atoms with van der Waals surface area (Å²) in [5.74, 6) is -0.720. The Morgan fingerprint density at radius 1 is 1.12 bits per heavy atom. The first-order valence-corrected chi connectivity index (χ1v) is 9.25. The molecule has 0 fully saturated rings. The van der Waals surface area contributed by atoms with E-state index in [9.17, 15) is 13.2 Å². The molecule has 0 aliphatic rings. The second-order valence-electron chi connectivity index (χ2n) is 5.74. The third-order valence-corrected chi connectivity index (χ3v) is 5.63. The van der Waals surface area contributed by atoms with Crippen LogP contribution in [-0.4, -0.2) is 34.1 Å². The predicted octanol–water partition coefficient (Wildman–Crippen LogP) is 1.75. The standard InChI is InChI=1S/C18H22N2O4S/c1-12-9-15(14-7-5-4-6-8-14)10-13(2)17(12)25(22,23)20-16(11-19)18(21)24-3/h4-10,16,20H,11,19H2,1-3H3. The molecule has 0 bridgehead atoms. The molecule has 0 saturated heterocycles. The second-order valence-corrected chi connectivity index (χ2v) is 7.39. The fraction of sp³-hybridized carbons (Fsp3) is 0.278. The van der Waals surface area contributed by atoms with Gasteiger partial charge in [-0.15, -0.1) is 0 Å². The van der Waals surface area contributed by atoms with E-state index in [0.29, 0.717) is 11.1 Å². The third kappa shape index (κ3) is 4.25. The van der Waals surface area contributed by atoms with Crippen LogP contribution in [0.2, 0.25) is 0 Å². The molecule has 1 atom stereocenters. The lowest BCUT2D eigenvalue weighted by Crippen LogP contribution is -2.46. The lowest BCUT2D eigenvalue weighted by molar-refractivity contribution is -0.142. The highest BCUT2D eigenvalue weighted by atomic mass is 32.2. The van der Waals surface area contributed by atoms with Crippen LogP contribution in [0, 0.1) is 13.8 Å². The first-order chi connectivity index (χ1) is 11.8. The van der Waals surface area contributed by atoms with Crippen molar-refractivity contribution < 1.29 is 17.9 Å². The molecule has 25 heavy (non-hydrogen) atoms. The van der Waals surface area contributed by atoms with Crippen molar-refractivity contribution in [3.63, 3.8) is 0 Å². The summed E-state index contributed by atoms with van der Waals surface area (Å²) in [6, 6.07) is 12.2. The summed E-state index contributed by atoms with van der Waals surface area (Å²) in [5, 5.41) is 0. The zero-order chi connectivity index (χ0) is 18.6. The Hall–Kier alpha value is -2.22. The Labute approximate surface area is 148 Å². The van der Waals surface area contributed by atoms with Gasteiger partial charge in [0.1, 0.15) is 6.04 Å². The topological polar surface area (TPSA) is 98.5 Å². The van der Waals surface area contributed by atoms with Crippen LogP contribution in [0.25, 0.3) is 11.1 Å². The fourth-order valence-corrected chi connectivity index (χ4v) is 4.40. The maximum Gasteiger partial charge on any atom is 0.325 e. The van der Waals surface area contributed by atoms with Gasteiger partial charge in [-0.3, -0.25) is 4.79 Å². The monoisotopic (exact) mass is 362 g/mol. The van der Waals surface area contributed by atoms with Gasteiger partial charge in [0.25, 0.3) is 0 Å². The minimum atomic E-state index is -3.92. The molecule has 0 saturated carbocycles. The number of esters is 1. The molecule has 0 radical (unpaired) electrons. The minimum Gasteiger partial charge on any atom is -0.468 e. The molecule has 0 aliphatic heterocycles. The Kier molecular flexibility index (Phi) is 5.94. The molecule has 0 amide bonds. The largest absolute Gasteiger partial charge is 0.468 e. The van der Waals surface area contributed by atoms with E-state index in [4.69, 9.17) is 5.73 Å². The summed E-state index contributed by atoms with van der Waals surface area (Å²) in [4.78, 5) is 11.8. The van der Waals surface area contributed by atoms with E-state index in [1.54, 1.807) is 13.8 Å². The van der Waals surface area contributed by atoms with Gasteiger partial charge in [-0.1, -0.05) is 42.5 Å². The molecule has 0 spiro atoms. The van der Waals surface area contributed by atoms with Crippen molar-refractivity contribution in [3.8, 4) is 11.1 Å². The number of ether oxygens (including phenoxy) is 1. The summed E-state index contributed by atoms with van der Waals surface area (Å²) in [7, 11) is -2.73. The van der Waals surface area contributed by atoms with Gasteiger partial charge in [0.2, 0.25) is 10.0 Å². The molecule has 2 rings (SSSR count). The zero-order valence-corrected chi connectivity index (χ0v) is 15.3. The van der Waals surface area contributed by atoms with Crippen molar-refractivity contribution in [2.45, 2.75) is 24.8 Å². The molecule has 2 aromatic carbocycles. The second kappa shape index (κ2) is 7.77. The summed E-state index contributed by atoms with van der Waals surface area (Å²) in [6.45, 7) is 3.26. The van der Waals surface area contributed by atoms with Crippen LogP contribution in [0.1, 0.15) is 11.1 Å². The van der Waals surface area contributed by atoms with Crippen molar-refractivity contribution >= 4 is 16.0 Å². The SMILES string of the molecule is COC(=O)C(CN)NS(=O)(=O)c1c(C)cc(-c2ccccc2)cc1C. The number of nitrogens with one attached hydrogen (secondary N) is 1. The maximum absolute atomic E-state index is 12.7. The molecule has 0 aliphatic carbocycles. The lowest BCUT2D eigenvalue weighted by Gasteiger charge is -2.18. The number of sulfonamides is 1. The summed E-state index contributed by atoms with van der Waals surface area (Å²) < 4.78 is 32.4. The van der Waals surface area contributed by atoms with Crippen molar-refractivity contribution in [3.05, 3.63) is 53.6 Å². The van der Waals surface area contributed by atoms with Crippen LogP contribution >= 0.6 is 0 Å². The Balaban J connectivity index is 2.43. The predicted molar refractivity (Wildman–Crippen MR) is 96.5 cm³/mol. The van der Waals surface area contributed by atoms with Crippen LogP contribution in [0.4, 0.5) is 0 Å². The highest BCUT2D eigenvalue weighted by molar-refractivity contribution is 7.89. The normalized spacial score (nSPS) is 12.6. The molecular weight excluding hydrogens is 340 g/mol. The quantitative estimate of drug-likeness (QED) is 0.763. The van der Waals surface area contributed by atoms with E-state index in [2.05, 4.69) is 9.46 Å². The number of hydrogen-bond donors (Lipinski definition) is 2. The van der Waals surface area contributed by atoms with Crippen LogP contribution in [0.15, 0.2) is 47.4 Å². The number of rotatable bonds is 6. The van der Waals surface area contributed by atoms with E-state index in [1.165, 1.54) is 7.11 Å². The van der Waals surface area contributed by atoms with Gasteiger partial charge in [-0.25, -0.2) is 8.42 Å². The van der Waals surface area contributed by atoms with Gasteiger partial charge >= 0.3 is 5.97 Å². The first-order valence-electron chi connectivity index (χ1n) is 7.77. The number of hydrogen-bond acceptors (Lipinski definition) is 5. The molecule has 7 heteroatoms. The van der Waals surface area contributed by atoms with Crippen LogP contribution < -0.4 is 10.5 Å². The van der Waals surface area contributed by atoms with Crippen LogP contribution in [0.5, 0.6) is 0 Å². The van der Waals surface area contributed by atoms with E-state index in [-0.39, 0.29) is 11.4 Å². The van der Waals surface area contributed by atoms with Gasteiger partial charge in [0.05, 0.1) is 12.0 Å². The summed E-state index contributed by atoms with van der Waals surface area (Å²) in [6.07, 6.45) is 0. The van der Waals surface area contributed by atoms with Crippen molar-refractivity contribution in [1.29, 1.82) is 0 Å². The van der Waals surface area contributed by atoms with Gasteiger partial charge in [0.15, 0.2) is 0 Å². The van der Waals surface area contributed by atoms with E-state index >= 15 is 0 Å². The van der Waals surface area contributed by atoms with Gasteiger partial charge < -0.3 is 10.5 Å². The number of nitrogens with two attached hydrogens (primary N) is 1. The van der Waals surface area contributed by atoms with E-state index < -0.39 is 22.0 Å². The molecule has 6 nitrogen and oxygen atoms in total. The molecular formula is C18H22N2O4S. The molecule has 0 heterocycles. The maximum atomic E-state index is 12.7. The summed E-state index contributed by atoms with van der Waals surface area (Å²) >= 11 is 0. The lowest BCUT2D eigenvalue weighted by atomic mass is 10.0. The number of carbonyl (C=O) groups is 1. The number of aryl methyl sites for hydroxylation is 2. The Morgan fingerprint density at radius 3 is 2.16 bits per heavy atom. The van der Waals surface area contributed by atoms with Crippen molar-refractivity contribution in [2.75, 3.05) is 13.7 Å². The van der Waals surface area contributed by atoms with E-state index in [1.807, 2.05) is 42.5 Å². The van der Waals surface area contributed by atoms with Crippen molar-refractivity contribution in [2.24, 2.45) is 5.73 Å². The third-order valence-electron chi connectivity index (χ3n) is 3.85. The zero-order valence-electron chi connectivity index (χ0n) is 14.4. The highest BCUT2D eigenvalue weighted by Crippen LogP contribution is 2.28. The average Bonchev–Trinajstić information content (AvgIpc) is 2.58. The average molecular weight is 362 g/mol. The Bertz CT molecular complexity index is 841. The van der Waals surface area contributed by atoms with Gasteiger partial charge in [-0.2, -0.15) is 4.72 Å². The molecule has 1 unspecified atom stereocenters. The molecule has 3 N–H and O–H groups in total. The smallest absolute Gasteiger partial charge is 0.325 e. The van der Waals surface area contributed by atoms with Crippen molar-refractivity contribution in [1.82, 2.24) is 4.72 Å². The summed E-state index contributed by atoms with van der Waals surface area (Å²) in [5.41, 5.74) is 8.59. The van der Waals surface area contributed by atoms with Crippen LogP contribution in [0.3, 0.4) is 0 Å². The number of benzene rings is 2.